The Morgan fingerprint density at radius 1 is 1.42 bits per heavy atom. The zero-order valence-electron chi connectivity index (χ0n) is 11.8. The molecule has 1 aromatic heterocycles. The first-order chi connectivity index (χ1) is 8.85. The van der Waals surface area contributed by atoms with E-state index in [0.29, 0.717) is 36.3 Å². The molecule has 1 aliphatic carbocycles. The molecule has 0 atom stereocenters. The van der Waals surface area contributed by atoms with Crippen LogP contribution in [0.3, 0.4) is 0 Å². The molecule has 2 rings (SSSR count). The van der Waals surface area contributed by atoms with Crippen molar-refractivity contribution in [3.63, 3.8) is 0 Å². The molecule has 0 saturated carbocycles. The number of nitrogens with one attached hydrogen (secondary N) is 1. The van der Waals surface area contributed by atoms with Gasteiger partial charge in [-0.2, -0.15) is 0 Å². The van der Waals surface area contributed by atoms with Crippen molar-refractivity contribution in [1.29, 1.82) is 0 Å². The fraction of sp³-hybridized carbons (Fsp3) is 0.571. The molecule has 0 bridgehead atoms. The fourth-order valence-corrected chi connectivity index (χ4v) is 2.48. The van der Waals surface area contributed by atoms with Gasteiger partial charge in [-0.1, -0.05) is 13.8 Å². The fourth-order valence-electron chi connectivity index (χ4n) is 2.48. The number of hydroxylamine groups is 1. The third-order valence-corrected chi connectivity index (χ3v) is 3.29. The molecule has 5 heteroatoms. The third-order valence-electron chi connectivity index (χ3n) is 3.29. The largest absolute Gasteiger partial charge is 0.455 e. The molecule has 0 radical (unpaired) electrons. The zero-order chi connectivity index (χ0) is 14.2. The number of amides is 1. The van der Waals surface area contributed by atoms with Crippen LogP contribution >= 0.6 is 0 Å². The van der Waals surface area contributed by atoms with Crippen LogP contribution in [0, 0.1) is 12.3 Å². The van der Waals surface area contributed by atoms with Crippen molar-refractivity contribution < 1.29 is 18.8 Å². The van der Waals surface area contributed by atoms with Gasteiger partial charge < -0.3 is 4.42 Å². The van der Waals surface area contributed by atoms with Crippen LogP contribution in [0.1, 0.15) is 59.4 Å². The van der Waals surface area contributed by atoms with E-state index < -0.39 is 5.91 Å². The predicted octanol–water partition coefficient (Wildman–Crippen LogP) is 2.42. The van der Waals surface area contributed by atoms with Crippen LogP contribution in [0.2, 0.25) is 0 Å². The van der Waals surface area contributed by atoms with Crippen molar-refractivity contribution in [1.82, 2.24) is 5.48 Å². The Morgan fingerprint density at radius 3 is 2.74 bits per heavy atom. The summed E-state index contributed by atoms with van der Waals surface area (Å²) in [6.45, 7) is 7.92. The van der Waals surface area contributed by atoms with E-state index in [1.54, 1.807) is 13.8 Å². The van der Waals surface area contributed by atoms with Gasteiger partial charge in [0, 0.05) is 18.4 Å². The Labute approximate surface area is 112 Å². The Kier molecular flexibility index (Phi) is 3.49. The van der Waals surface area contributed by atoms with E-state index in [2.05, 4.69) is 5.48 Å². The van der Waals surface area contributed by atoms with Crippen LogP contribution in [0.15, 0.2) is 4.42 Å². The second kappa shape index (κ2) is 4.81. The molecule has 5 nitrogen and oxygen atoms in total. The summed E-state index contributed by atoms with van der Waals surface area (Å²) in [7, 11) is 0. The van der Waals surface area contributed by atoms with Crippen LogP contribution in [0.25, 0.3) is 0 Å². The average Bonchev–Trinajstić information content (AvgIpc) is 2.61. The molecule has 1 aliphatic rings. The molecule has 104 valence electrons. The van der Waals surface area contributed by atoms with Gasteiger partial charge in [0.25, 0.3) is 0 Å². The second-order valence-corrected chi connectivity index (χ2v) is 5.66. The van der Waals surface area contributed by atoms with Gasteiger partial charge in [0.05, 0.1) is 12.2 Å². The highest BCUT2D eigenvalue weighted by atomic mass is 16.7. The topological polar surface area (TPSA) is 68.5 Å². The molecule has 19 heavy (non-hydrogen) atoms. The standard InChI is InChI=1S/C14H19NO4/c1-5-18-15-13(17)12-8(2)11-9(16)6-14(3,4)7-10(11)19-12/h5-7H2,1-4H3,(H,15,17). The minimum atomic E-state index is -0.445. The Hall–Kier alpha value is -1.62. The number of carbonyl (C=O) groups excluding carboxylic acids is 2. The summed E-state index contributed by atoms with van der Waals surface area (Å²) in [5, 5.41) is 0. The van der Waals surface area contributed by atoms with Crippen LogP contribution in [-0.4, -0.2) is 18.3 Å². The summed E-state index contributed by atoms with van der Waals surface area (Å²) in [5.74, 6) is 0.382. The molecule has 0 fully saturated rings. The Bertz CT molecular complexity index is 528. The maximum absolute atomic E-state index is 12.1. The van der Waals surface area contributed by atoms with E-state index in [-0.39, 0.29) is 17.0 Å². The molecule has 0 aliphatic heterocycles. The van der Waals surface area contributed by atoms with Gasteiger partial charge >= 0.3 is 5.91 Å². The number of ketones is 1. The smallest absolute Gasteiger partial charge is 0.310 e. The monoisotopic (exact) mass is 265 g/mol. The lowest BCUT2D eigenvalue weighted by Crippen LogP contribution is -2.26. The van der Waals surface area contributed by atoms with Crippen LogP contribution < -0.4 is 5.48 Å². The average molecular weight is 265 g/mol. The molecule has 1 aromatic rings. The number of furan rings is 1. The molecule has 1 N–H and O–H groups in total. The number of carbonyl (C=O) groups is 2. The summed E-state index contributed by atoms with van der Waals surface area (Å²) >= 11 is 0. The van der Waals surface area contributed by atoms with Gasteiger partial charge in [0.1, 0.15) is 5.76 Å². The molecule has 0 unspecified atom stereocenters. The minimum Gasteiger partial charge on any atom is -0.455 e. The lowest BCUT2D eigenvalue weighted by molar-refractivity contribution is 0.0337. The Balaban J connectivity index is 2.36. The lowest BCUT2D eigenvalue weighted by Gasteiger charge is -2.27. The molecule has 0 aromatic carbocycles. The van der Waals surface area contributed by atoms with E-state index in [4.69, 9.17) is 9.25 Å². The van der Waals surface area contributed by atoms with Gasteiger partial charge in [0.2, 0.25) is 0 Å². The molecule has 0 saturated heterocycles. The normalized spacial score (nSPS) is 17.2. The van der Waals surface area contributed by atoms with E-state index in [1.165, 1.54) is 0 Å². The summed E-state index contributed by atoms with van der Waals surface area (Å²) in [6, 6.07) is 0. The summed E-state index contributed by atoms with van der Waals surface area (Å²) in [4.78, 5) is 28.9. The maximum Gasteiger partial charge on any atom is 0.310 e. The highest BCUT2D eigenvalue weighted by Crippen LogP contribution is 2.38. The minimum absolute atomic E-state index is 0.0444. The van der Waals surface area contributed by atoms with Crippen molar-refractivity contribution in [2.45, 2.75) is 40.5 Å². The molecular weight excluding hydrogens is 246 g/mol. The van der Waals surface area contributed by atoms with E-state index >= 15 is 0 Å². The number of Topliss-reactive ketones (excluding diaryl/α,β-unsaturated/α-hetero) is 1. The summed E-state index contributed by atoms with van der Waals surface area (Å²) < 4.78 is 5.59. The Morgan fingerprint density at radius 2 is 2.11 bits per heavy atom. The van der Waals surface area contributed by atoms with Crippen LogP contribution in [0.4, 0.5) is 0 Å². The first-order valence-corrected chi connectivity index (χ1v) is 6.43. The van der Waals surface area contributed by atoms with E-state index in [0.717, 1.165) is 0 Å². The van der Waals surface area contributed by atoms with Gasteiger partial charge in [-0.05, 0) is 19.3 Å². The first kappa shape index (κ1) is 13.8. The second-order valence-electron chi connectivity index (χ2n) is 5.66. The van der Waals surface area contributed by atoms with E-state index in [9.17, 15) is 9.59 Å². The maximum atomic E-state index is 12.1. The highest BCUT2D eigenvalue weighted by molar-refractivity contribution is 6.03. The zero-order valence-corrected chi connectivity index (χ0v) is 11.8. The lowest BCUT2D eigenvalue weighted by atomic mass is 9.76. The van der Waals surface area contributed by atoms with Crippen molar-refractivity contribution in [2.75, 3.05) is 6.61 Å². The number of fused-ring (bicyclic) bond motifs is 1. The predicted molar refractivity (Wildman–Crippen MR) is 69.0 cm³/mol. The van der Waals surface area contributed by atoms with Gasteiger partial charge in [-0.15, -0.1) is 0 Å². The summed E-state index contributed by atoms with van der Waals surface area (Å²) in [6.07, 6.45) is 1.14. The van der Waals surface area contributed by atoms with Crippen molar-refractivity contribution >= 4 is 11.7 Å². The highest BCUT2D eigenvalue weighted by Gasteiger charge is 2.37. The van der Waals surface area contributed by atoms with Crippen LogP contribution in [-0.2, 0) is 11.3 Å². The molecule has 1 heterocycles. The number of hydrogen-bond donors (Lipinski definition) is 1. The molecule has 0 spiro atoms. The first-order valence-electron chi connectivity index (χ1n) is 6.43. The molecular formula is C14H19NO4. The SMILES string of the molecule is CCONC(=O)c1oc2c(c1C)C(=O)CC(C)(C)C2. The van der Waals surface area contributed by atoms with Gasteiger partial charge in [0.15, 0.2) is 11.5 Å². The van der Waals surface area contributed by atoms with Gasteiger partial charge in [-0.25, -0.2) is 5.48 Å². The van der Waals surface area contributed by atoms with Gasteiger partial charge in [-0.3, -0.25) is 14.4 Å². The number of hydrogen-bond acceptors (Lipinski definition) is 4. The van der Waals surface area contributed by atoms with Crippen molar-refractivity contribution in [3.8, 4) is 0 Å². The molecule has 1 amide bonds. The quantitative estimate of drug-likeness (QED) is 0.852. The summed E-state index contributed by atoms with van der Waals surface area (Å²) in [5.41, 5.74) is 3.34. The van der Waals surface area contributed by atoms with Crippen LogP contribution in [0.5, 0.6) is 0 Å². The number of rotatable bonds is 3. The van der Waals surface area contributed by atoms with Crippen molar-refractivity contribution in [2.24, 2.45) is 5.41 Å². The third kappa shape index (κ3) is 2.56. The van der Waals surface area contributed by atoms with E-state index in [1.807, 2.05) is 13.8 Å². The van der Waals surface area contributed by atoms with Crippen molar-refractivity contribution in [3.05, 3.63) is 22.6 Å².